The molecule has 0 heterocycles. The minimum absolute atomic E-state index is 0.0231. The Kier molecular flexibility index (Phi) is 8.55. The minimum Gasteiger partial charge on any atom is -0.489 e. The molecular formula is C27H26N4O5. The predicted octanol–water partition coefficient (Wildman–Crippen LogP) is 6.71. The van der Waals surface area contributed by atoms with Gasteiger partial charge in [0.05, 0.1) is 9.85 Å². The molecule has 0 fully saturated rings. The molecule has 0 saturated carbocycles. The first-order valence-electron chi connectivity index (χ1n) is 11.0. The van der Waals surface area contributed by atoms with Crippen molar-refractivity contribution in [1.29, 1.82) is 0 Å². The van der Waals surface area contributed by atoms with Gasteiger partial charge in [0.2, 0.25) is 0 Å². The summed E-state index contributed by atoms with van der Waals surface area (Å²) in [5, 5.41) is 24.6. The molecule has 9 heteroatoms. The summed E-state index contributed by atoms with van der Waals surface area (Å²) in [5.74, 6) is 0.743. The van der Waals surface area contributed by atoms with E-state index >= 15 is 0 Å². The molecular weight excluding hydrogens is 460 g/mol. The Morgan fingerprint density at radius 1 is 0.778 bits per heavy atom. The Bertz CT molecular complexity index is 1340. The predicted molar refractivity (Wildman–Crippen MR) is 141 cm³/mol. The molecule has 0 unspecified atom stereocenters. The van der Waals surface area contributed by atoms with Crippen molar-refractivity contribution in [1.82, 2.24) is 0 Å². The molecule has 3 N–H and O–H groups in total. The van der Waals surface area contributed by atoms with Crippen molar-refractivity contribution in [2.45, 2.75) is 20.5 Å². The van der Waals surface area contributed by atoms with Crippen molar-refractivity contribution in [2.75, 3.05) is 11.1 Å². The third kappa shape index (κ3) is 7.29. The molecule has 184 valence electrons. The van der Waals surface area contributed by atoms with Crippen molar-refractivity contribution >= 4 is 28.4 Å². The monoisotopic (exact) mass is 486 g/mol. The summed E-state index contributed by atoms with van der Waals surface area (Å²) in [6, 6.07) is 27.1. The molecule has 0 radical (unpaired) electrons. The molecule has 0 atom stereocenters. The number of hydrogen-bond acceptors (Lipinski definition) is 7. The molecule has 36 heavy (non-hydrogen) atoms. The van der Waals surface area contributed by atoms with Gasteiger partial charge in [-0.3, -0.25) is 20.2 Å². The highest BCUT2D eigenvalue weighted by Crippen LogP contribution is 2.29. The van der Waals surface area contributed by atoms with Gasteiger partial charge in [0.15, 0.2) is 0 Å². The third-order valence-electron chi connectivity index (χ3n) is 5.11. The van der Waals surface area contributed by atoms with Gasteiger partial charge < -0.3 is 15.8 Å². The zero-order chi connectivity index (χ0) is 26.1. The number of anilines is 3. The maximum Gasteiger partial charge on any atom is 0.292 e. The van der Waals surface area contributed by atoms with Crippen LogP contribution in [-0.2, 0) is 6.61 Å². The van der Waals surface area contributed by atoms with E-state index in [4.69, 9.17) is 10.5 Å². The maximum atomic E-state index is 11.2. The Hall–Kier alpha value is -4.92. The summed E-state index contributed by atoms with van der Waals surface area (Å²) in [7, 11) is 0. The Labute approximate surface area is 208 Å². The number of nitrogens with one attached hydrogen (secondary N) is 1. The van der Waals surface area contributed by atoms with Gasteiger partial charge in [-0.1, -0.05) is 42.5 Å². The van der Waals surface area contributed by atoms with Crippen LogP contribution in [0, 0.1) is 34.1 Å². The second kappa shape index (κ2) is 12.0. The second-order valence-electron chi connectivity index (χ2n) is 8.02. The average Bonchev–Trinajstić information content (AvgIpc) is 2.87. The molecule has 0 aliphatic heterocycles. The third-order valence-corrected chi connectivity index (χ3v) is 5.11. The van der Waals surface area contributed by atoms with E-state index in [1.54, 1.807) is 25.1 Å². The normalized spacial score (nSPS) is 10.1. The molecule has 0 aliphatic rings. The van der Waals surface area contributed by atoms with Crippen molar-refractivity contribution in [2.24, 2.45) is 0 Å². The molecule has 9 nitrogen and oxygen atoms in total. The maximum absolute atomic E-state index is 11.2. The van der Waals surface area contributed by atoms with Crippen LogP contribution in [0.25, 0.3) is 0 Å². The Morgan fingerprint density at radius 2 is 1.36 bits per heavy atom. The summed E-state index contributed by atoms with van der Waals surface area (Å²) < 4.78 is 5.74. The van der Waals surface area contributed by atoms with Crippen LogP contribution in [0.15, 0.2) is 91.0 Å². The zero-order valence-corrected chi connectivity index (χ0v) is 19.9. The van der Waals surface area contributed by atoms with Crippen molar-refractivity contribution in [3.63, 3.8) is 0 Å². The van der Waals surface area contributed by atoms with E-state index in [9.17, 15) is 20.2 Å². The van der Waals surface area contributed by atoms with Gasteiger partial charge in [-0.25, -0.2) is 0 Å². The number of hydrogen-bond donors (Lipinski definition) is 2. The van der Waals surface area contributed by atoms with Crippen molar-refractivity contribution in [3.05, 3.63) is 128 Å². The van der Waals surface area contributed by atoms with Gasteiger partial charge in [0.1, 0.15) is 23.7 Å². The van der Waals surface area contributed by atoms with E-state index in [-0.39, 0.29) is 22.0 Å². The molecule has 0 spiro atoms. The smallest absolute Gasteiger partial charge is 0.292 e. The Morgan fingerprint density at radius 3 is 1.94 bits per heavy atom. The lowest BCUT2D eigenvalue weighted by atomic mass is 10.2. The van der Waals surface area contributed by atoms with Crippen LogP contribution in [0.5, 0.6) is 5.75 Å². The standard InChI is InChI=1S/C20H18N2O3.C7H8N2O2/c1-15-7-12-19(20(13-15)22(23)24)21-17-8-10-18(11-9-17)25-14-16-5-3-2-4-6-16;1-5-2-3-6(8)7(4-5)9(10)11/h2-13,21H,14H2,1H3;2-4H,8H2,1H3. The number of aryl methyl sites for hydroxylation is 2. The quantitative estimate of drug-likeness (QED) is 0.168. The first kappa shape index (κ1) is 25.7. The van der Waals surface area contributed by atoms with Crippen LogP contribution in [0.2, 0.25) is 0 Å². The molecule has 0 amide bonds. The lowest BCUT2D eigenvalue weighted by molar-refractivity contribution is -0.384. The summed E-state index contributed by atoms with van der Waals surface area (Å²) in [4.78, 5) is 20.6. The summed E-state index contributed by atoms with van der Waals surface area (Å²) in [6.07, 6.45) is 0. The number of rotatable bonds is 7. The molecule has 0 aliphatic carbocycles. The summed E-state index contributed by atoms with van der Waals surface area (Å²) in [5.41, 5.74) is 9.61. The number of nitrogens with zero attached hydrogens (tertiary/aromatic N) is 2. The number of benzene rings is 4. The van der Waals surface area contributed by atoms with Gasteiger partial charge in [0.25, 0.3) is 11.4 Å². The molecule has 4 aromatic rings. The van der Waals surface area contributed by atoms with Crippen LogP contribution in [0.4, 0.5) is 28.4 Å². The van der Waals surface area contributed by atoms with Gasteiger partial charge in [-0.2, -0.15) is 0 Å². The van der Waals surface area contributed by atoms with Crippen LogP contribution >= 0.6 is 0 Å². The highest BCUT2D eigenvalue weighted by Gasteiger charge is 2.14. The van der Waals surface area contributed by atoms with Gasteiger partial charge in [-0.05, 0) is 66.9 Å². The number of nitrogens with two attached hydrogens (primary N) is 1. The van der Waals surface area contributed by atoms with E-state index in [1.807, 2.05) is 67.6 Å². The van der Waals surface area contributed by atoms with E-state index in [0.717, 1.165) is 28.1 Å². The molecule has 4 rings (SSSR count). The summed E-state index contributed by atoms with van der Waals surface area (Å²) >= 11 is 0. The van der Waals surface area contributed by atoms with E-state index in [1.165, 1.54) is 12.1 Å². The van der Waals surface area contributed by atoms with Gasteiger partial charge in [0, 0.05) is 17.8 Å². The highest BCUT2D eigenvalue weighted by atomic mass is 16.6. The number of nitro groups is 2. The Balaban J connectivity index is 0.000000275. The number of nitro benzene ring substituents is 2. The van der Waals surface area contributed by atoms with Gasteiger partial charge in [-0.15, -0.1) is 0 Å². The average molecular weight is 487 g/mol. The lowest BCUT2D eigenvalue weighted by Crippen LogP contribution is -1.98. The number of ether oxygens (including phenoxy) is 1. The van der Waals surface area contributed by atoms with Crippen LogP contribution in [-0.4, -0.2) is 9.85 Å². The summed E-state index contributed by atoms with van der Waals surface area (Å²) in [6.45, 7) is 4.11. The van der Waals surface area contributed by atoms with Crippen LogP contribution in [0.1, 0.15) is 16.7 Å². The minimum atomic E-state index is -0.484. The lowest BCUT2D eigenvalue weighted by Gasteiger charge is -2.10. The molecule has 0 saturated heterocycles. The van der Waals surface area contributed by atoms with Crippen LogP contribution < -0.4 is 15.8 Å². The zero-order valence-electron chi connectivity index (χ0n) is 19.9. The second-order valence-corrected chi connectivity index (χ2v) is 8.02. The highest BCUT2D eigenvalue weighted by molar-refractivity contribution is 5.70. The van der Waals surface area contributed by atoms with Gasteiger partial charge >= 0.3 is 0 Å². The first-order valence-corrected chi connectivity index (χ1v) is 11.0. The fraction of sp³-hybridized carbons (Fsp3) is 0.111. The SMILES string of the molecule is Cc1ccc(N)c([N+](=O)[O-])c1.Cc1ccc(Nc2ccc(OCc3ccccc3)cc2)c([N+](=O)[O-])c1. The largest absolute Gasteiger partial charge is 0.489 e. The van der Waals surface area contributed by atoms with Crippen molar-refractivity contribution < 1.29 is 14.6 Å². The molecule has 0 aromatic heterocycles. The van der Waals surface area contributed by atoms with E-state index in [0.29, 0.717) is 12.3 Å². The van der Waals surface area contributed by atoms with Crippen LogP contribution in [0.3, 0.4) is 0 Å². The first-order chi connectivity index (χ1) is 17.2. The van der Waals surface area contributed by atoms with E-state index < -0.39 is 4.92 Å². The topological polar surface area (TPSA) is 134 Å². The number of nitrogen functional groups attached to an aromatic ring is 1. The fourth-order valence-corrected chi connectivity index (χ4v) is 3.24. The molecule has 0 bridgehead atoms. The fourth-order valence-electron chi connectivity index (χ4n) is 3.24. The molecule has 4 aromatic carbocycles. The van der Waals surface area contributed by atoms with Crippen molar-refractivity contribution in [3.8, 4) is 5.75 Å². The van der Waals surface area contributed by atoms with E-state index in [2.05, 4.69) is 5.32 Å².